The third-order valence-electron chi connectivity index (χ3n) is 4.29. The number of nitrogens with zero attached hydrogens (tertiary/aromatic N) is 1. The lowest BCUT2D eigenvalue weighted by Crippen LogP contribution is -2.40. The van der Waals surface area contributed by atoms with Crippen molar-refractivity contribution >= 4 is 6.03 Å². The van der Waals surface area contributed by atoms with Crippen LogP contribution in [0.3, 0.4) is 0 Å². The minimum absolute atomic E-state index is 0.0761. The molecule has 25 heavy (non-hydrogen) atoms. The lowest BCUT2D eigenvalue weighted by molar-refractivity contribution is 0.185. The summed E-state index contributed by atoms with van der Waals surface area (Å²) in [6, 6.07) is 14.5. The number of nitrogens with one attached hydrogen (secondary N) is 1. The first kappa shape index (κ1) is 17.4. The second kappa shape index (κ2) is 8.12. The van der Waals surface area contributed by atoms with Crippen molar-refractivity contribution in [1.29, 1.82) is 0 Å². The summed E-state index contributed by atoms with van der Waals surface area (Å²) in [7, 11) is 1.67. The predicted molar refractivity (Wildman–Crippen MR) is 94.4 cm³/mol. The van der Waals surface area contributed by atoms with Crippen molar-refractivity contribution in [2.24, 2.45) is 0 Å². The minimum atomic E-state index is -0.261. The Morgan fingerprint density at radius 2 is 1.68 bits per heavy atom. The standard InChI is InChI=1S/C20H23FN2O2/c1-25-14-17-4-2-15(3-5-17)12-22-20(24)23(19-10-11-19)13-16-6-8-18(21)9-7-16/h2-9,19H,10-14H2,1H3,(H,22,24). The molecule has 0 saturated heterocycles. The van der Waals surface area contributed by atoms with Gasteiger partial charge in [-0.25, -0.2) is 9.18 Å². The number of ether oxygens (including phenoxy) is 1. The van der Waals surface area contributed by atoms with Crippen LogP contribution in [0.15, 0.2) is 48.5 Å². The van der Waals surface area contributed by atoms with Crippen molar-refractivity contribution in [2.45, 2.75) is 38.6 Å². The fourth-order valence-electron chi connectivity index (χ4n) is 2.74. The quantitative estimate of drug-likeness (QED) is 0.830. The third-order valence-corrected chi connectivity index (χ3v) is 4.29. The molecule has 1 fully saturated rings. The van der Waals surface area contributed by atoms with Crippen molar-refractivity contribution < 1.29 is 13.9 Å². The van der Waals surface area contributed by atoms with Gasteiger partial charge in [-0.2, -0.15) is 0 Å². The van der Waals surface area contributed by atoms with Crippen molar-refractivity contribution in [3.05, 3.63) is 71.0 Å². The molecule has 0 aromatic heterocycles. The largest absolute Gasteiger partial charge is 0.380 e. The topological polar surface area (TPSA) is 41.6 Å². The van der Waals surface area contributed by atoms with Crippen LogP contribution in [0.25, 0.3) is 0 Å². The number of benzene rings is 2. The lowest BCUT2D eigenvalue weighted by Gasteiger charge is -2.23. The fourth-order valence-corrected chi connectivity index (χ4v) is 2.74. The van der Waals surface area contributed by atoms with E-state index in [0.29, 0.717) is 19.7 Å². The average Bonchev–Trinajstić information content (AvgIpc) is 3.45. The van der Waals surface area contributed by atoms with Gasteiger partial charge < -0.3 is 15.0 Å². The lowest BCUT2D eigenvalue weighted by atomic mass is 10.1. The van der Waals surface area contributed by atoms with Crippen LogP contribution in [0.4, 0.5) is 9.18 Å². The summed E-state index contributed by atoms with van der Waals surface area (Å²) >= 11 is 0. The molecule has 2 amide bonds. The maximum atomic E-state index is 13.0. The second-order valence-electron chi connectivity index (χ2n) is 6.39. The van der Waals surface area contributed by atoms with E-state index in [4.69, 9.17) is 4.74 Å². The smallest absolute Gasteiger partial charge is 0.318 e. The first-order valence-corrected chi connectivity index (χ1v) is 8.51. The second-order valence-corrected chi connectivity index (χ2v) is 6.39. The molecule has 2 aromatic rings. The van der Waals surface area contributed by atoms with E-state index in [1.807, 2.05) is 29.2 Å². The summed E-state index contributed by atoms with van der Waals surface area (Å²) < 4.78 is 18.1. The van der Waals surface area contributed by atoms with E-state index in [1.165, 1.54) is 12.1 Å². The molecule has 1 saturated carbocycles. The minimum Gasteiger partial charge on any atom is -0.380 e. The fraction of sp³-hybridized carbons (Fsp3) is 0.350. The SMILES string of the molecule is COCc1ccc(CNC(=O)N(Cc2ccc(F)cc2)C2CC2)cc1. The molecule has 4 nitrogen and oxygen atoms in total. The van der Waals surface area contributed by atoms with Gasteiger partial charge in [0.1, 0.15) is 5.82 Å². The molecule has 0 unspecified atom stereocenters. The molecule has 0 aliphatic heterocycles. The van der Waals surface area contributed by atoms with Crippen LogP contribution in [-0.4, -0.2) is 24.1 Å². The van der Waals surface area contributed by atoms with E-state index in [1.54, 1.807) is 19.2 Å². The number of rotatable bonds is 7. The summed E-state index contributed by atoms with van der Waals surface area (Å²) in [4.78, 5) is 14.4. The number of methoxy groups -OCH3 is 1. The van der Waals surface area contributed by atoms with Crippen LogP contribution in [0.2, 0.25) is 0 Å². The van der Waals surface area contributed by atoms with E-state index in [9.17, 15) is 9.18 Å². The van der Waals surface area contributed by atoms with Crippen LogP contribution < -0.4 is 5.32 Å². The van der Waals surface area contributed by atoms with Gasteiger partial charge >= 0.3 is 6.03 Å². The first-order valence-electron chi connectivity index (χ1n) is 8.51. The molecule has 0 atom stereocenters. The molecule has 3 rings (SSSR count). The van der Waals surface area contributed by atoms with Crippen molar-refractivity contribution in [3.8, 4) is 0 Å². The van der Waals surface area contributed by atoms with Gasteiger partial charge in [0.15, 0.2) is 0 Å². The van der Waals surface area contributed by atoms with Gasteiger partial charge in [-0.3, -0.25) is 0 Å². The van der Waals surface area contributed by atoms with Crippen molar-refractivity contribution in [3.63, 3.8) is 0 Å². The van der Waals surface area contributed by atoms with Crippen molar-refractivity contribution in [1.82, 2.24) is 10.2 Å². The van der Waals surface area contributed by atoms with E-state index in [0.717, 1.165) is 29.5 Å². The van der Waals surface area contributed by atoms with Gasteiger partial charge in [-0.05, 0) is 41.7 Å². The normalized spacial score (nSPS) is 13.5. The molecule has 0 radical (unpaired) electrons. The number of hydrogen-bond acceptors (Lipinski definition) is 2. The molecule has 1 N–H and O–H groups in total. The monoisotopic (exact) mass is 342 g/mol. The van der Waals surface area contributed by atoms with E-state index < -0.39 is 0 Å². The van der Waals surface area contributed by atoms with Gasteiger partial charge in [-0.1, -0.05) is 36.4 Å². The van der Waals surface area contributed by atoms with Crippen LogP contribution >= 0.6 is 0 Å². The van der Waals surface area contributed by atoms with Crippen LogP contribution in [0, 0.1) is 5.82 Å². The zero-order valence-electron chi connectivity index (χ0n) is 14.4. The van der Waals surface area contributed by atoms with Crippen LogP contribution in [-0.2, 0) is 24.4 Å². The first-order chi connectivity index (χ1) is 12.2. The highest BCUT2D eigenvalue weighted by atomic mass is 19.1. The Kier molecular flexibility index (Phi) is 5.66. The summed E-state index contributed by atoms with van der Waals surface area (Å²) in [5, 5.41) is 2.99. The van der Waals surface area contributed by atoms with E-state index in [-0.39, 0.29) is 17.9 Å². The summed E-state index contributed by atoms with van der Waals surface area (Å²) in [5.41, 5.74) is 3.09. The highest BCUT2D eigenvalue weighted by Crippen LogP contribution is 2.28. The molecular formula is C20H23FN2O2. The average molecular weight is 342 g/mol. The van der Waals surface area contributed by atoms with Gasteiger partial charge in [0, 0.05) is 26.2 Å². The van der Waals surface area contributed by atoms with Gasteiger partial charge in [0.05, 0.1) is 6.61 Å². The maximum absolute atomic E-state index is 13.0. The molecule has 1 aliphatic rings. The Hall–Kier alpha value is -2.40. The molecule has 132 valence electrons. The Bertz CT molecular complexity index is 697. The number of carbonyl (C=O) groups excluding carboxylic acids is 1. The number of urea groups is 1. The zero-order chi connectivity index (χ0) is 17.6. The predicted octanol–water partition coefficient (Wildman–Crippen LogP) is 3.85. The van der Waals surface area contributed by atoms with Crippen molar-refractivity contribution in [2.75, 3.05) is 7.11 Å². The molecular weight excluding hydrogens is 319 g/mol. The Labute approximate surface area is 147 Å². The Morgan fingerprint density at radius 3 is 2.28 bits per heavy atom. The van der Waals surface area contributed by atoms with E-state index in [2.05, 4.69) is 5.32 Å². The van der Waals surface area contributed by atoms with Crippen LogP contribution in [0.1, 0.15) is 29.5 Å². The zero-order valence-corrected chi connectivity index (χ0v) is 14.4. The number of hydrogen-bond donors (Lipinski definition) is 1. The Balaban J connectivity index is 1.56. The summed E-state index contributed by atoms with van der Waals surface area (Å²) in [6.07, 6.45) is 2.06. The molecule has 1 aliphatic carbocycles. The summed E-state index contributed by atoms with van der Waals surface area (Å²) in [6.45, 7) is 1.57. The summed E-state index contributed by atoms with van der Waals surface area (Å²) in [5.74, 6) is -0.261. The highest BCUT2D eigenvalue weighted by Gasteiger charge is 2.32. The molecule has 0 bridgehead atoms. The van der Waals surface area contributed by atoms with Gasteiger partial charge in [0.25, 0.3) is 0 Å². The number of amides is 2. The number of carbonyl (C=O) groups is 1. The highest BCUT2D eigenvalue weighted by molar-refractivity contribution is 5.75. The molecule has 0 spiro atoms. The molecule has 5 heteroatoms. The van der Waals surface area contributed by atoms with Crippen LogP contribution in [0.5, 0.6) is 0 Å². The Morgan fingerprint density at radius 1 is 1.08 bits per heavy atom. The van der Waals surface area contributed by atoms with Gasteiger partial charge in [0.2, 0.25) is 0 Å². The van der Waals surface area contributed by atoms with E-state index >= 15 is 0 Å². The third kappa shape index (κ3) is 5.03. The molecule has 2 aromatic carbocycles. The maximum Gasteiger partial charge on any atom is 0.318 e. The number of halogens is 1. The molecule has 0 heterocycles. The van der Waals surface area contributed by atoms with Gasteiger partial charge in [-0.15, -0.1) is 0 Å².